The van der Waals surface area contributed by atoms with Gasteiger partial charge in [0, 0.05) is 13.1 Å². The van der Waals surface area contributed by atoms with Crippen LogP contribution in [0, 0.1) is 23.7 Å². The summed E-state index contributed by atoms with van der Waals surface area (Å²) in [6, 6.07) is 6.72. The van der Waals surface area contributed by atoms with Crippen molar-refractivity contribution in [2.75, 3.05) is 20.2 Å². The molecule has 0 aromatic heterocycles. The molecule has 6 nitrogen and oxygen atoms in total. The zero-order chi connectivity index (χ0) is 20.7. The zero-order valence-electron chi connectivity index (χ0n) is 17.2. The van der Waals surface area contributed by atoms with Gasteiger partial charge in [0.25, 0.3) is 0 Å². The molecule has 0 radical (unpaired) electrons. The van der Waals surface area contributed by atoms with Crippen LogP contribution < -0.4 is 4.74 Å². The topological polar surface area (TPSA) is 66.9 Å². The summed E-state index contributed by atoms with van der Waals surface area (Å²) in [4.78, 5) is 42.7. The van der Waals surface area contributed by atoms with E-state index in [0.29, 0.717) is 18.8 Å². The first-order chi connectivity index (χ1) is 14.0. The predicted molar refractivity (Wildman–Crippen MR) is 108 cm³/mol. The number of hydrogen-bond acceptors (Lipinski definition) is 4. The lowest BCUT2D eigenvalue weighted by atomic mass is 9.85. The van der Waals surface area contributed by atoms with E-state index in [1.165, 1.54) is 4.90 Å². The Bertz CT molecular complexity index is 813. The standard InChI is InChI=1S/C23H28N2O4/c1-4-24(5-2)19(26)13-18(14-8-10-17(29-3)11-9-14)25-22(27)20-15-6-7-16(12-15)21(20)23(25)28/h6-11,15-16,18,20-21H,4-5,12-13H2,1-3H3. The normalized spacial score (nSPS) is 28.0. The van der Waals surface area contributed by atoms with E-state index in [1.807, 2.05) is 26.0 Å². The minimum Gasteiger partial charge on any atom is -0.497 e. The van der Waals surface area contributed by atoms with E-state index in [-0.39, 0.29) is 47.8 Å². The van der Waals surface area contributed by atoms with Crippen molar-refractivity contribution in [2.24, 2.45) is 23.7 Å². The van der Waals surface area contributed by atoms with Crippen molar-refractivity contribution < 1.29 is 19.1 Å². The summed E-state index contributed by atoms with van der Waals surface area (Å²) in [5, 5.41) is 0. The van der Waals surface area contributed by atoms with E-state index < -0.39 is 6.04 Å². The Morgan fingerprint density at radius 1 is 1.07 bits per heavy atom. The quantitative estimate of drug-likeness (QED) is 0.525. The number of benzene rings is 1. The van der Waals surface area contributed by atoms with Crippen LogP contribution in [0.5, 0.6) is 5.75 Å². The van der Waals surface area contributed by atoms with Crippen LogP contribution in [-0.4, -0.2) is 47.7 Å². The van der Waals surface area contributed by atoms with Gasteiger partial charge >= 0.3 is 0 Å². The van der Waals surface area contributed by atoms with E-state index in [1.54, 1.807) is 24.1 Å². The van der Waals surface area contributed by atoms with Crippen molar-refractivity contribution in [1.29, 1.82) is 0 Å². The van der Waals surface area contributed by atoms with Gasteiger partial charge in [-0.2, -0.15) is 0 Å². The highest BCUT2D eigenvalue weighted by Crippen LogP contribution is 2.54. The molecule has 1 saturated carbocycles. The van der Waals surface area contributed by atoms with Crippen molar-refractivity contribution in [1.82, 2.24) is 9.80 Å². The van der Waals surface area contributed by atoms with Gasteiger partial charge in [-0.15, -0.1) is 0 Å². The average molecular weight is 396 g/mol. The number of amides is 3. The maximum absolute atomic E-state index is 13.3. The molecule has 154 valence electrons. The van der Waals surface area contributed by atoms with E-state index >= 15 is 0 Å². The number of carbonyl (C=O) groups is 3. The molecule has 5 unspecified atom stereocenters. The highest BCUT2D eigenvalue weighted by molar-refractivity contribution is 6.07. The highest BCUT2D eigenvalue weighted by atomic mass is 16.5. The summed E-state index contributed by atoms with van der Waals surface area (Å²) >= 11 is 0. The molecular formula is C23H28N2O4. The van der Waals surface area contributed by atoms with Crippen LogP contribution in [0.15, 0.2) is 36.4 Å². The number of methoxy groups -OCH3 is 1. The van der Waals surface area contributed by atoms with Gasteiger partial charge in [0.05, 0.1) is 31.4 Å². The molecule has 1 aromatic rings. The summed E-state index contributed by atoms with van der Waals surface area (Å²) in [7, 11) is 1.59. The molecule has 4 rings (SSSR count). The second-order valence-electron chi connectivity index (χ2n) is 8.11. The minimum atomic E-state index is -0.584. The molecule has 5 atom stereocenters. The van der Waals surface area contributed by atoms with Crippen LogP contribution in [0.3, 0.4) is 0 Å². The first-order valence-electron chi connectivity index (χ1n) is 10.5. The van der Waals surface area contributed by atoms with Crippen LogP contribution in [0.4, 0.5) is 0 Å². The minimum absolute atomic E-state index is 0.0467. The Morgan fingerprint density at radius 3 is 2.10 bits per heavy atom. The van der Waals surface area contributed by atoms with Crippen molar-refractivity contribution >= 4 is 17.7 Å². The number of ether oxygens (including phenoxy) is 1. The lowest BCUT2D eigenvalue weighted by Gasteiger charge is -2.30. The van der Waals surface area contributed by atoms with Crippen molar-refractivity contribution in [3.63, 3.8) is 0 Å². The molecular weight excluding hydrogens is 368 g/mol. The number of imide groups is 1. The van der Waals surface area contributed by atoms with Gasteiger partial charge in [-0.05, 0) is 49.8 Å². The molecule has 3 amide bonds. The molecule has 6 heteroatoms. The average Bonchev–Trinajstić information content (AvgIpc) is 3.41. The second kappa shape index (κ2) is 7.65. The number of hydrogen-bond donors (Lipinski definition) is 0. The van der Waals surface area contributed by atoms with E-state index in [0.717, 1.165) is 12.0 Å². The summed E-state index contributed by atoms with van der Waals surface area (Å²) in [5.41, 5.74) is 0.785. The summed E-state index contributed by atoms with van der Waals surface area (Å²) < 4.78 is 5.24. The number of fused-ring (bicyclic) bond motifs is 5. The van der Waals surface area contributed by atoms with E-state index in [4.69, 9.17) is 4.74 Å². The summed E-state index contributed by atoms with van der Waals surface area (Å²) in [6.45, 7) is 5.07. The van der Waals surface area contributed by atoms with Gasteiger partial charge in [0.15, 0.2) is 0 Å². The van der Waals surface area contributed by atoms with Crippen LogP contribution >= 0.6 is 0 Å². The molecule has 2 fully saturated rings. The molecule has 1 aliphatic heterocycles. The Morgan fingerprint density at radius 2 is 1.62 bits per heavy atom. The Balaban J connectivity index is 1.67. The van der Waals surface area contributed by atoms with Crippen LogP contribution in [0.1, 0.15) is 38.3 Å². The van der Waals surface area contributed by atoms with Gasteiger partial charge in [0.2, 0.25) is 17.7 Å². The molecule has 1 heterocycles. The smallest absolute Gasteiger partial charge is 0.234 e. The molecule has 0 N–H and O–H groups in total. The highest BCUT2D eigenvalue weighted by Gasteiger charge is 2.60. The first-order valence-corrected chi connectivity index (χ1v) is 10.5. The Kier molecular flexibility index (Phi) is 5.19. The Labute approximate surface area is 171 Å². The maximum atomic E-state index is 13.3. The molecule has 2 bridgehead atoms. The predicted octanol–water partition coefficient (Wildman–Crippen LogP) is 2.80. The maximum Gasteiger partial charge on any atom is 0.234 e. The van der Waals surface area contributed by atoms with Gasteiger partial charge in [-0.25, -0.2) is 0 Å². The van der Waals surface area contributed by atoms with Crippen molar-refractivity contribution in [3.8, 4) is 5.75 Å². The molecule has 29 heavy (non-hydrogen) atoms. The monoisotopic (exact) mass is 396 g/mol. The Hall–Kier alpha value is -2.63. The number of nitrogens with zero attached hydrogens (tertiary/aromatic N) is 2. The molecule has 1 saturated heterocycles. The molecule has 0 spiro atoms. The van der Waals surface area contributed by atoms with Crippen LogP contribution in [-0.2, 0) is 14.4 Å². The van der Waals surface area contributed by atoms with Gasteiger partial charge < -0.3 is 9.64 Å². The number of rotatable bonds is 7. The lowest BCUT2D eigenvalue weighted by molar-refractivity contribution is -0.145. The SMILES string of the molecule is CCN(CC)C(=O)CC(c1ccc(OC)cc1)N1C(=O)C2C3C=CC(C3)C2C1=O. The fraction of sp³-hybridized carbons (Fsp3) is 0.522. The fourth-order valence-electron chi connectivity index (χ4n) is 5.29. The van der Waals surface area contributed by atoms with Crippen LogP contribution in [0.2, 0.25) is 0 Å². The number of likely N-dealkylation sites (tertiary alicyclic amines) is 1. The van der Waals surface area contributed by atoms with Crippen molar-refractivity contribution in [2.45, 2.75) is 32.7 Å². The molecule has 2 aliphatic carbocycles. The third-order valence-electron chi connectivity index (χ3n) is 6.80. The van der Waals surface area contributed by atoms with Gasteiger partial charge in [-0.1, -0.05) is 24.3 Å². The first kappa shape index (κ1) is 19.7. The number of allylic oxidation sites excluding steroid dienone is 2. The largest absolute Gasteiger partial charge is 0.497 e. The molecule has 3 aliphatic rings. The number of carbonyl (C=O) groups excluding carboxylic acids is 3. The van der Waals surface area contributed by atoms with Gasteiger partial charge in [0.1, 0.15) is 5.75 Å². The van der Waals surface area contributed by atoms with E-state index in [9.17, 15) is 14.4 Å². The lowest BCUT2D eigenvalue weighted by Crippen LogP contribution is -2.40. The summed E-state index contributed by atoms with van der Waals surface area (Å²) in [5.74, 6) is 0.192. The summed E-state index contributed by atoms with van der Waals surface area (Å²) in [6.07, 6.45) is 5.17. The molecule has 1 aromatic carbocycles. The second-order valence-corrected chi connectivity index (χ2v) is 8.11. The van der Waals surface area contributed by atoms with Crippen molar-refractivity contribution in [3.05, 3.63) is 42.0 Å². The van der Waals surface area contributed by atoms with Gasteiger partial charge in [-0.3, -0.25) is 19.3 Å². The van der Waals surface area contributed by atoms with Crippen LogP contribution in [0.25, 0.3) is 0 Å². The third kappa shape index (κ3) is 3.15. The zero-order valence-corrected chi connectivity index (χ0v) is 17.2. The third-order valence-corrected chi connectivity index (χ3v) is 6.80. The van der Waals surface area contributed by atoms with E-state index in [2.05, 4.69) is 12.2 Å². The fourth-order valence-corrected chi connectivity index (χ4v) is 5.29.